The highest BCUT2D eigenvalue weighted by molar-refractivity contribution is 5.76. The van der Waals surface area contributed by atoms with Crippen LogP contribution in [0.4, 0.5) is 4.79 Å². The standard InChI is InChI=1S/C10H18N3O/c1-5-13(9(2)3)10(14)12-7-6-11(4)8-12/h6-9H,5H2,1-4H3/q+1. The average Bonchev–Trinajstić information content (AvgIpc) is 2.52. The third kappa shape index (κ3) is 2.13. The van der Waals surface area contributed by atoms with Crippen molar-refractivity contribution in [2.45, 2.75) is 26.8 Å². The Kier molecular flexibility index (Phi) is 3.28. The summed E-state index contributed by atoms with van der Waals surface area (Å²) in [6.45, 7) is 6.76. The predicted octanol–water partition coefficient (Wildman–Crippen LogP) is 1.01. The minimum Gasteiger partial charge on any atom is -0.302 e. The molecule has 0 radical (unpaired) electrons. The fraction of sp³-hybridized carbons (Fsp3) is 0.600. The summed E-state index contributed by atoms with van der Waals surface area (Å²) < 4.78 is 3.45. The maximum atomic E-state index is 11.9. The second-order valence-corrected chi connectivity index (χ2v) is 3.65. The van der Waals surface area contributed by atoms with Gasteiger partial charge < -0.3 is 4.90 Å². The Labute approximate surface area is 84.8 Å². The van der Waals surface area contributed by atoms with Crippen molar-refractivity contribution in [3.05, 3.63) is 18.7 Å². The molecule has 0 aliphatic carbocycles. The molecule has 0 aliphatic heterocycles. The zero-order chi connectivity index (χ0) is 10.7. The molecule has 0 saturated carbocycles. The number of hydrogen-bond acceptors (Lipinski definition) is 1. The van der Waals surface area contributed by atoms with Crippen LogP contribution in [0.3, 0.4) is 0 Å². The molecule has 0 bridgehead atoms. The highest BCUT2D eigenvalue weighted by Crippen LogP contribution is 2.01. The van der Waals surface area contributed by atoms with E-state index in [-0.39, 0.29) is 12.1 Å². The Morgan fingerprint density at radius 1 is 1.57 bits per heavy atom. The summed E-state index contributed by atoms with van der Waals surface area (Å²) in [5.41, 5.74) is 0. The Morgan fingerprint density at radius 3 is 2.57 bits per heavy atom. The number of aromatic nitrogens is 2. The zero-order valence-electron chi connectivity index (χ0n) is 9.27. The van der Waals surface area contributed by atoms with Gasteiger partial charge >= 0.3 is 6.03 Å². The molecule has 1 rings (SSSR count). The van der Waals surface area contributed by atoms with Crippen LogP contribution >= 0.6 is 0 Å². The van der Waals surface area contributed by atoms with Crippen molar-refractivity contribution in [2.75, 3.05) is 6.54 Å². The van der Waals surface area contributed by atoms with Gasteiger partial charge in [-0.25, -0.2) is 9.36 Å². The second kappa shape index (κ2) is 4.26. The Balaban J connectivity index is 2.83. The van der Waals surface area contributed by atoms with E-state index in [4.69, 9.17) is 0 Å². The molecule has 1 aromatic rings. The fourth-order valence-electron chi connectivity index (χ4n) is 1.43. The van der Waals surface area contributed by atoms with E-state index in [1.165, 1.54) is 0 Å². The molecule has 0 N–H and O–H groups in total. The quantitative estimate of drug-likeness (QED) is 0.649. The lowest BCUT2D eigenvalue weighted by Gasteiger charge is -2.21. The van der Waals surface area contributed by atoms with Crippen molar-refractivity contribution in [2.24, 2.45) is 7.05 Å². The molecule has 0 spiro atoms. The molecular formula is C10H18N3O+. The molecule has 1 amide bonds. The highest BCUT2D eigenvalue weighted by Gasteiger charge is 2.21. The SMILES string of the molecule is CCN(C(=O)n1cc[n+](C)c1)C(C)C. The van der Waals surface area contributed by atoms with E-state index >= 15 is 0 Å². The number of aryl methyl sites for hydroxylation is 1. The first kappa shape index (κ1) is 10.8. The molecule has 0 aliphatic rings. The number of nitrogens with zero attached hydrogens (tertiary/aromatic N) is 3. The molecule has 0 fully saturated rings. The Morgan fingerprint density at radius 2 is 2.21 bits per heavy atom. The number of carbonyl (C=O) groups is 1. The predicted molar refractivity (Wildman–Crippen MR) is 53.9 cm³/mol. The fourth-order valence-corrected chi connectivity index (χ4v) is 1.43. The van der Waals surface area contributed by atoms with Gasteiger partial charge in [0.15, 0.2) is 0 Å². The highest BCUT2D eigenvalue weighted by atomic mass is 16.2. The first-order valence-corrected chi connectivity index (χ1v) is 4.90. The first-order valence-electron chi connectivity index (χ1n) is 4.90. The molecule has 4 nitrogen and oxygen atoms in total. The van der Waals surface area contributed by atoms with Crippen molar-refractivity contribution in [1.82, 2.24) is 9.47 Å². The molecule has 1 aromatic heterocycles. The third-order valence-electron chi connectivity index (χ3n) is 2.20. The summed E-state index contributed by atoms with van der Waals surface area (Å²) >= 11 is 0. The molecule has 0 aromatic carbocycles. The van der Waals surface area contributed by atoms with Crippen LogP contribution in [0, 0.1) is 0 Å². The van der Waals surface area contributed by atoms with E-state index in [2.05, 4.69) is 0 Å². The summed E-state index contributed by atoms with van der Waals surface area (Å²) in [4.78, 5) is 13.7. The van der Waals surface area contributed by atoms with E-state index in [9.17, 15) is 4.79 Å². The molecule has 78 valence electrons. The van der Waals surface area contributed by atoms with Crippen LogP contribution < -0.4 is 4.57 Å². The van der Waals surface area contributed by atoms with Crippen LogP contribution in [0.5, 0.6) is 0 Å². The van der Waals surface area contributed by atoms with Crippen molar-refractivity contribution in [1.29, 1.82) is 0 Å². The van der Waals surface area contributed by atoms with E-state index in [1.807, 2.05) is 43.5 Å². The van der Waals surface area contributed by atoms with E-state index in [1.54, 1.807) is 17.1 Å². The summed E-state index contributed by atoms with van der Waals surface area (Å²) in [6.07, 6.45) is 5.40. The van der Waals surface area contributed by atoms with Crippen LogP contribution in [-0.4, -0.2) is 28.1 Å². The molecule has 14 heavy (non-hydrogen) atoms. The smallest absolute Gasteiger partial charge is 0.302 e. The van der Waals surface area contributed by atoms with E-state index < -0.39 is 0 Å². The van der Waals surface area contributed by atoms with Crippen molar-refractivity contribution in [3.8, 4) is 0 Å². The van der Waals surface area contributed by atoms with Crippen LogP contribution in [0.15, 0.2) is 18.7 Å². The normalized spacial score (nSPS) is 10.6. The second-order valence-electron chi connectivity index (χ2n) is 3.65. The van der Waals surface area contributed by atoms with Crippen LogP contribution in [0.1, 0.15) is 20.8 Å². The van der Waals surface area contributed by atoms with Gasteiger partial charge in [0.05, 0.1) is 7.05 Å². The van der Waals surface area contributed by atoms with Gasteiger partial charge in [0, 0.05) is 12.6 Å². The largest absolute Gasteiger partial charge is 0.416 e. The summed E-state index contributed by atoms with van der Waals surface area (Å²) in [5, 5.41) is 0. The monoisotopic (exact) mass is 196 g/mol. The molecule has 4 heteroatoms. The van der Waals surface area contributed by atoms with Crippen molar-refractivity contribution >= 4 is 6.03 Å². The number of hydrogen-bond donors (Lipinski definition) is 0. The maximum absolute atomic E-state index is 11.9. The number of rotatable bonds is 2. The van der Waals surface area contributed by atoms with Crippen molar-refractivity contribution in [3.63, 3.8) is 0 Å². The van der Waals surface area contributed by atoms with Gasteiger partial charge in [-0.05, 0) is 20.8 Å². The van der Waals surface area contributed by atoms with Gasteiger partial charge in [-0.2, -0.15) is 4.57 Å². The zero-order valence-corrected chi connectivity index (χ0v) is 9.27. The topological polar surface area (TPSA) is 29.1 Å². The summed E-state index contributed by atoms with van der Waals surface area (Å²) in [5.74, 6) is 0. The van der Waals surface area contributed by atoms with Gasteiger partial charge in [-0.15, -0.1) is 0 Å². The van der Waals surface area contributed by atoms with Crippen LogP contribution in [-0.2, 0) is 7.05 Å². The van der Waals surface area contributed by atoms with Crippen molar-refractivity contribution < 1.29 is 9.36 Å². The molecule has 0 atom stereocenters. The van der Waals surface area contributed by atoms with Gasteiger partial charge in [0.2, 0.25) is 0 Å². The maximum Gasteiger partial charge on any atom is 0.416 e. The lowest BCUT2D eigenvalue weighted by molar-refractivity contribution is -0.670. The average molecular weight is 196 g/mol. The summed E-state index contributed by atoms with van der Waals surface area (Å²) in [7, 11) is 1.90. The Hall–Kier alpha value is -1.32. The summed E-state index contributed by atoms with van der Waals surface area (Å²) in [6, 6.07) is 0.267. The van der Waals surface area contributed by atoms with Gasteiger partial charge in [0.1, 0.15) is 12.4 Å². The van der Waals surface area contributed by atoms with Gasteiger partial charge in [0.25, 0.3) is 6.33 Å². The number of amides is 1. The van der Waals surface area contributed by atoms with E-state index in [0.717, 1.165) is 6.54 Å². The van der Waals surface area contributed by atoms with Crippen LogP contribution in [0.25, 0.3) is 0 Å². The van der Waals surface area contributed by atoms with Gasteiger partial charge in [-0.1, -0.05) is 0 Å². The first-order chi connectivity index (χ1) is 6.56. The molecule has 1 heterocycles. The van der Waals surface area contributed by atoms with E-state index in [0.29, 0.717) is 0 Å². The third-order valence-corrected chi connectivity index (χ3v) is 2.20. The lowest BCUT2D eigenvalue weighted by Crippen LogP contribution is -2.39. The Bertz CT molecular complexity index is 317. The lowest BCUT2D eigenvalue weighted by atomic mass is 10.3. The molecular weight excluding hydrogens is 178 g/mol. The van der Waals surface area contributed by atoms with Gasteiger partial charge in [-0.3, -0.25) is 0 Å². The molecule has 0 unspecified atom stereocenters. The minimum atomic E-state index is 0.0306. The number of imidazole rings is 1. The van der Waals surface area contributed by atoms with Crippen LogP contribution in [0.2, 0.25) is 0 Å². The minimum absolute atomic E-state index is 0.0306. The molecule has 0 saturated heterocycles. The number of carbonyl (C=O) groups excluding carboxylic acids is 1.